The van der Waals surface area contributed by atoms with Gasteiger partial charge >= 0.3 is 6.03 Å². The lowest BCUT2D eigenvalue weighted by molar-refractivity contribution is 0.191. The summed E-state index contributed by atoms with van der Waals surface area (Å²) in [5.41, 5.74) is 2.26. The average molecular weight is 371 g/mol. The Bertz CT molecular complexity index is 726. The minimum atomic E-state index is -0.236. The fourth-order valence-electron chi connectivity index (χ4n) is 3.08. The monoisotopic (exact) mass is 371 g/mol. The van der Waals surface area contributed by atoms with Crippen molar-refractivity contribution in [3.63, 3.8) is 0 Å². The standard InChI is InChI=1S/C21H26FN3O2/c1-2-17-3-9-20(10-4-17)27-16-11-23-21(26)25-14-12-24(13-15-25)19-7-5-18(22)6-8-19/h3-10H,2,11-16H2,1H3,(H,23,26). The summed E-state index contributed by atoms with van der Waals surface area (Å²) in [5.74, 6) is 0.578. The second kappa shape index (κ2) is 9.26. The molecule has 27 heavy (non-hydrogen) atoms. The third-order valence-electron chi connectivity index (χ3n) is 4.74. The number of piperazine rings is 1. The van der Waals surface area contributed by atoms with E-state index in [4.69, 9.17) is 4.74 Å². The first kappa shape index (κ1) is 19.0. The Morgan fingerprint density at radius 2 is 1.70 bits per heavy atom. The van der Waals surface area contributed by atoms with Crippen molar-refractivity contribution in [2.75, 3.05) is 44.2 Å². The number of ether oxygens (including phenoxy) is 1. The molecule has 1 aliphatic heterocycles. The van der Waals surface area contributed by atoms with Crippen molar-refractivity contribution in [1.82, 2.24) is 10.2 Å². The summed E-state index contributed by atoms with van der Waals surface area (Å²) in [5, 5.41) is 2.90. The van der Waals surface area contributed by atoms with E-state index in [1.54, 1.807) is 17.0 Å². The van der Waals surface area contributed by atoms with Crippen LogP contribution in [0.25, 0.3) is 0 Å². The molecule has 144 valence electrons. The van der Waals surface area contributed by atoms with E-state index in [1.165, 1.54) is 17.7 Å². The van der Waals surface area contributed by atoms with E-state index in [0.717, 1.165) is 30.9 Å². The van der Waals surface area contributed by atoms with Crippen LogP contribution >= 0.6 is 0 Å². The molecule has 0 unspecified atom stereocenters. The smallest absolute Gasteiger partial charge is 0.317 e. The molecule has 2 aromatic carbocycles. The first-order chi connectivity index (χ1) is 13.2. The van der Waals surface area contributed by atoms with E-state index in [1.807, 2.05) is 12.1 Å². The lowest BCUT2D eigenvalue weighted by Gasteiger charge is -2.36. The van der Waals surface area contributed by atoms with Crippen LogP contribution in [0.4, 0.5) is 14.9 Å². The number of aryl methyl sites for hydroxylation is 1. The quantitative estimate of drug-likeness (QED) is 0.793. The zero-order chi connectivity index (χ0) is 19.1. The highest BCUT2D eigenvalue weighted by Crippen LogP contribution is 2.17. The largest absolute Gasteiger partial charge is 0.492 e. The van der Waals surface area contributed by atoms with Crippen molar-refractivity contribution in [2.45, 2.75) is 13.3 Å². The van der Waals surface area contributed by atoms with Gasteiger partial charge in [0.05, 0.1) is 6.54 Å². The molecule has 0 radical (unpaired) electrons. The highest BCUT2D eigenvalue weighted by molar-refractivity contribution is 5.74. The summed E-state index contributed by atoms with van der Waals surface area (Å²) >= 11 is 0. The number of rotatable bonds is 6. The van der Waals surface area contributed by atoms with Crippen LogP contribution in [-0.4, -0.2) is 50.3 Å². The molecule has 0 bridgehead atoms. The van der Waals surface area contributed by atoms with Gasteiger partial charge in [-0.25, -0.2) is 9.18 Å². The Kier molecular flexibility index (Phi) is 6.52. The minimum absolute atomic E-state index is 0.0707. The molecule has 1 aliphatic rings. The number of benzene rings is 2. The third kappa shape index (κ3) is 5.36. The third-order valence-corrected chi connectivity index (χ3v) is 4.74. The Morgan fingerprint density at radius 1 is 1.04 bits per heavy atom. The molecule has 0 atom stereocenters. The fourth-order valence-corrected chi connectivity index (χ4v) is 3.08. The normalized spacial score (nSPS) is 14.1. The van der Waals surface area contributed by atoms with E-state index in [9.17, 15) is 9.18 Å². The summed E-state index contributed by atoms with van der Waals surface area (Å²) in [6, 6.07) is 14.4. The zero-order valence-corrected chi connectivity index (χ0v) is 15.7. The molecule has 0 spiro atoms. The lowest BCUT2D eigenvalue weighted by Crippen LogP contribution is -2.52. The maximum atomic E-state index is 13.0. The van der Waals surface area contributed by atoms with Gasteiger partial charge in [0.25, 0.3) is 0 Å². The lowest BCUT2D eigenvalue weighted by atomic mass is 10.2. The number of carbonyl (C=O) groups is 1. The van der Waals surface area contributed by atoms with Gasteiger partial charge in [0, 0.05) is 31.9 Å². The van der Waals surface area contributed by atoms with Crippen molar-refractivity contribution in [1.29, 1.82) is 0 Å². The molecule has 2 aromatic rings. The van der Waals surface area contributed by atoms with Crippen LogP contribution in [0.3, 0.4) is 0 Å². The highest BCUT2D eigenvalue weighted by atomic mass is 19.1. The van der Waals surface area contributed by atoms with Crippen LogP contribution in [0.1, 0.15) is 12.5 Å². The van der Waals surface area contributed by atoms with Gasteiger partial charge in [0.2, 0.25) is 0 Å². The Balaban J connectivity index is 1.36. The van der Waals surface area contributed by atoms with Crippen LogP contribution in [0.5, 0.6) is 5.75 Å². The highest BCUT2D eigenvalue weighted by Gasteiger charge is 2.20. The topological polar surface area (TPSA) is 44.8 Å². The summed E-state index contributed by atoms with van der Waals surface area (Å²) in [7, 11) is 0. The summed E-state index contributed by atoms with van der Waals surface area (Å²) in [6.07, 6.45) is 1.00. The number of hydrogen-bond donors (Lipinski definition) is 1. The fraction of sp³-hybridized carbons (Fsp3) is 0.381. The summed E-state index contributed by atoms with van der Waals surface area (Å²) < 4.78 is 18.7. The molecule has 2 amide bonds. The SMILES string of the molecule is CCc1ccc(OCCNC(=O)N2CCN(c3ccc(F)cc3)CC2)cc1. The maximum absolute atomic E-state index is 13.0. The van der Waals surface area contributed by atoms with Gasteiger partial charge in [-0.2, -0.15) is 0 Å². The Hall–Kier alpha value is -2.76. The summed E-state index contributed by atoms with van der Waals surface area (Å²) in [6.45, 7) is 5.77. The number of nitrogens with one attached hydrogen (secondary N) is 1. The van der Waals surface area contributed by atoms with Crippen molar-refractivity contribution in [3.05, 3.63) is 59.9 Å². The number of urea groups is 1. The predicted molar refractivity (Wildman–Crippen MR) is 105 cm³/mol. The minimum Gasteiger partial charge on any atom is -0.492 e. The molecule has 1 fully saturated rings. The zero-order valence-electron chi connectivity index (χ0n) is 15.7. The first-order valence-corrected chi connectivity index (χ1v) is 9.40. The molecule has 6 heteroatoms. The molecule has 0 saturated carbocycles. The van der Waals surface area contributed by atoms with E-state index in [0.29, 0.717) is 26.2 Å². The predicted octanol–water partition coefficient (Wildman–Crippen LogP) is 3.30. The Labute approximate surface area is 159 Å². The number of hydrogen-bond acceptors (Lipinski definition) is 3. The van der Waals surface area contributed by atoms with Crippen molar-refractivity contribution in [3.8, 4) is 5.75 Å². The van der Waals surface area contributed by atoms with Crippen molar-refractivity contribution >= 4 is 11.7 Å². The van der Waals surface area contributed by atoms with Crippen molar-refractivity contribution < 1.29 is 13.9 Å². The number of nitrogens with zero attached hydrogens (tertiary/aromatic N) is 2. The second-order valence-electron chi connectivity index (χ2n) is 6.53. The molecule has 1 N–H and O–H groups in total. The van der Waals surface area contributed by atoms with Crippen LogP contribution in [-0.2, 0) is 6.42 Å². The molecule has 3 rings (SSSR count). The molecule has 1 heterocycles. The molecular formula is C21H26FN3O2. The van der Waals surface area contributed by atoms with Crippen LogP contribution in [0, 0.1) is 5.82 Å². The number of anilines is 1. The van der Waals surface area contributed by atoms with E-state index in [-0.39, 0.29) is 11.8 Å². The summed E-state index contributed by atoms with van der Waals surface area (Å²) in [4.78, 5) is 16.2. The van der Waals surface area contributed by atoms with Gasteiger partial charge < -0.3 is 19.9 Å². The Morgan fingerprint density at radius 3 is 2.33 bits per heavy atom. The molecule has 5 nitrogen and oxygen atoms in total. The van der Waals surface area contributed by atoms with E-state index in [2.05, 4.69) is 29.3 Å². The van der Waals surface area contributed by atoms with Gasteiger partial charge in [-0.1, -0.05) is 19.1 Å². The molecule has 0 aliphatic carbocycles. The van der Waals surface area contributed by atoms with Gasteiger partial charge in [-0.15, -0.1) is 0 Å². The van der Waals surface area contributed by atoms with Crippen LogP contribution < -0.4 is 15.0 Å². The van der Waals surface area contributed by atoms with Gasteiger partial charge in [-0.05, 0) is 48.4 Å². The van der Waals surface area contributed by atoms with Gasteiger partial charge in [0.1, 0.15) is 18.2 Å². The van der Waals surface area contributed by atoms with Crippen LogP contribution in [0.2, 0.25) is 0 Å². The number of halogens is 1. The molecular weight excluding hydrogens is 345 g/mol. The van der Waals surface area contributed by atoms with Gasteiger partial charge in [0.15, 0.2) is 0 Å². The van der Waals surface area contributed by atoms with Crippen molar-refractivity contribution in [2.24, 2.45) is 0 Å². The van der Waals surface area contributed by atoms with E-state index < -0.39 is 0 Å². The number of amides is 2. The number of carbonyl (C=O) groups excluding carboxylic acids is 1. The van der Waals surface area contributed by atoms with E-state index >= 15 is 0 Å². The molecule has 1 saturated heterocycles. The maximum Gasteiger partial charge on any atom is 0.317 e. The van der Waals surface area contributed by atoms with Crippen LogP contribution in [0.15, 0.2) is 48.5 Å². The second-order valence-corrected chi connectivity index (χ2v) is 6.53. The van der Waals surface area contributed by atoms with Gasteiger partial charge in [-0.3, -0.25) is 0 Å². The average Bonchev–Trinajstić information content (AvgIpc) is 2.72. The molecule has 0 aromatic heterocycles. The first-order valence-electron chi connectivity index (χ1n) is 9.40.